The lowest BCUT2D eigenvalue weighted by Gasteiger charge is -2.25. The summed E-state index contributed by atoms with van der Waals surface area (Å²) in [6.07, 6.45) is 6.68. The van der Waals surface area contributed by atoms with Crippen LogP contribution in [0.1, 0.15) is 24.9 Å². The summed E-state index contributed by atoms with van der Waals surface area (Å²) in [5.74, 6) is -0.182. The Morgan fingerprint density at radius 2 is 2.05 bits per heavy atom. The summed E-state index contributed by atoms with van der Waals surface area (Å²) in [4.78, 5) is 6.31. The van der Waals surface area contributed by atoms with Gasteiger partial charge in [-0.15, -0.1) is 0 Å². The zero-order valence-electron chi connectivity index (χ0n) is 11.5. The largest absolute Gasteiger partial charge is 0.337 e. The number of imidazole rings is 1. The van der Waals surface area contributed by atoms with Crippen molar-refractivity contribution in [1.82, 2.24) is 14.5 Å². The molecule has 4 heteroatoms. The summed E-state index contributed by atoms with van der Waals surface area (Å²) in [7, 11) is 2.10. The van der Waals surface area contributed by atoms with Crippen molar-refractivity contribution < 1.29 is 4.39 Å². The Hall–Kier alpha value is -1.68. The van der Waals surface area contributed by atoms with Crippen LogP contribution in [-0.4, -0.2) is 28.0 Å². The van der Waals surface area contributed by atoms with Gasteiger partial charge in [0.15, 0.2) is 0 Å². The highest BCUT2D eigenvalue weighted by atomic mass is 19.1. The number of benzene rings is 1. The number of nitrogens with zero attached hydrogens (tertiary/aromatic N) is 3. The van der Waals surface area contributed by atoms with Crippen LogP contribution in [0.15, 0.2) is 43.0 Å². The van der Waals surface area contributed by atoms with Crippen molar-refractivity contribution in [2.75, 3.05) is 13.6 Å². The molecule has 19 heavy (non-hydrogen) atoms. The second-order valence-corrected chi connectivity index (χ2v) is 4.86. The lowest BCUT2D eigenvalue weighted by atomic mass is 10.1. The molecule has 0 radical (unpaired) electrons. The van der Waals surface area contributed by atoms with E-state index in [-0.39, 0.29) is 5.82 Å². The third-order valence-corrected chi connectivity index (χ3v) is 3.50. The van der Waals surface area contributed by atoms with Gasteiger partial charge in [0.2, 0.25) is 0 Å². The summed E-state index contributed by atoms with van der Waals surface area (Å²) >= 11 is 0. The predicted octanol–water partition coefficient (Wildman–Crippen LogP) is 3.11. The number of hydrogen-bond acceptors (Lipinski definition) is 2. The first-order valence-corrected chi connectivity index (χ1v) is 6.58. The van der Waals surface area contributed by atoms with Gasteiger partial charge in [-0.05, 0) is 38.1 Å². The quantitative estimate of drug-likeness (QED) is 0.796. The van der Waals surface area contributed by atoms with Crippen LogP contribution >= 0.6 is 0 Å². The molecule has 0 saturated carbocycles. The maximum atomic E-state index is 12.9. The highest BCUT2D eigenvalue weighted by Crippen LogP contribution is 2.19. The SMILES string of the molecule is C[C@H](c1ccc(F)cc1)N(C)CCCn1ccnc1. The van der Waals surface area contributed by atoms with E-state index in [0.29, 0.717) is 6.04 Å². The summed E-state index contributed by atoms with van der Waals surface area (Å²) in [5, 5.41) is 0. The molecule has 0 fully saturated rings. The predicted molar refractivity (Wildman–Crippen MR) is 74.3 cm³/mol. The number of hydrogen-bond donors (Lipinski definition) is 0. The Morgan fingerprint density at radius 3 is 2.68 bits per heavy atom. The van der Waals surface area contributed by atoms with Crippen LogP contribution < -0.4 is 0 Å². The molecular weight excluding hydrogens is 241 g/mol. The van der Waals surface area contributed by atoms with Crippen LogP contribution in [0, 0.1) is 5.82 Å². The molecule has 0 spiro atoms. The molecule has 0 aliphatic rings. The van der Waals surface area contributed by atoms with Crippen LogP contribution in [0.4, 0.5) is 4.39 Å². The van der Waals surface area contributed by atoms with Crippen molar-refractivity contribution in [3.8, 4) is 0 Å². The first-order valence-electron chi connectivity index (χ1n) is 6.58. The van der Waals surface area contributed by atoms with Crippen molar-refractivity contribution in [2.24, 2.45) is 0 Å². The maximum absolute atomic E-state index is 12.9. The second kappa shape index (κ2) is 6.48. The van der Waals surface area contributed by atoms with Crippen LogP contribution in [-0.2, 0) is 6.54 Å². The van der Waals surface area contributed by atoms with Gasteiger partial charge in [-0.3, -0.25) is 4.90 Å². The Morgan fingerprint density at radius 1 is 1.32 bits per heavy atom. The van der Waals surface area contributed by atoms with Gasteiger partial charge in [-0.2, -0.15) is 0 Å². The fraction of sp³-hybridized carbons (Fsp3) is 0.400. The maximum Gasteiger partial charge on any atom is 0.123 e. The van der Waals surface area contributed by atoms with Gasteiger partial charge in [0.1, 0.15) is 5.82 Å². The molecule has 0 aliphatic heterocycles. The molecule has 3 nitrogen and oxygen atoms in total. The van der Waals surface area contributed by atoms with Gasteiger partial charge in [0.05, 0.1) is 6.33 Å². The topological polar surface area (TPSA) is 21.1 Å². The van der Waals surface area contributed by atoms with E-state index in [9.17, 15) is 4.39 Å². The molecule has 1 aromatic carbocycles. The number of aryl methyl sites for hydroxylation is 1. The minimum absolute atomic E-state index is 0.182. The molecule has 2 aromatic rings. The average molecular weight is 261 g/mol. The zero-order chi connectivity index (χ0) is 13.7. The molecule has 102 valence electrons. The fourth-order valence-electron chi connectivity index (χ4n) is 2.11. The van der Waals surface area contributed by atoms with Crippen molar-refractivity contribution in [2.45, 2.75) is 25.9 Å². The summed E-state index contributed by atoms with van der Waals surface area (Å²) in [6, 6.07) is 7.04. The van der Waals surface area contributed by atoms with Crippen molar-refractivity contribution >= 4 is 0 Å². The van der Waals surface area contributed by atoms with Crippen LogP contribution in [0.5, 0.6) is 0 Å². The van der Waals surface area contributed by atoms with Gasteiger partial charge < -0.3 is 4.57 Å². The molecule has 0 N–H and O–H groups in total. The monoisotopic (exact) mass is 261 g/mol. The summed E-state index contributed by atoms with van der Waals surface area (Å²) in [5.41, 5.74) is 1.14. The lowest BCUT2D eigenvalue weighted by molar-refractivity contribution is 0.253. The second-order valence-electron chi connectivity index (χ2n) is 4.86. The molecule has 0 unspecified atom stereocenters. The summed E-state index contributed by atoms with van der Waals surface area (Å²) < 4.78 is 15.0. The van der Waals surface area contributed by atoms with Gasteiger partial charge in [-0.25, -0.2) is 9.37 Å². The minimum atomic E-state index is -0.182. The van der Waals surface area contributed by atoms with E-state index in [1.54, 1.807) is 6.20 Å². The van der Waals surface area contributed by atoms with E-state index in [1.165, 1.54) is 12.1 Å². The zero-order valence-corrected chi connectivity index (χ0v) is 11.5. The molecule has 0 bridgehead atoms. The molecule has 0 aliphatic carbocycles. The fourth-order valence-corrected chi connectivity index (χ4v) is 2.11. The van der Waals surface area contributed by atoms with Gasteiger partial charge in [-0.1, -0.05) is 12.1 Å². The van der Waals surface area contributed by atoms with Crippen LogP contribution in [0.2, 0.25) is 0 Å². The summed E-state index contributed by atoms with van der Waals surface area (Å²) in [6.45, 7) is 4.11. The number of rotatable bonds is 6. The van der Waals surface area contributed by atoms with E-state index in [0.717, 1.165) is 25.1 Å². The molecule has 0 saturated heterocycles. The normalized spacial score (nSPS) is 12.8. The highest BCUT2D eigenvalue weighted by molar-refractivity contribution is 5.19. The van der Waals surface area contributed by atoms with E-state index in [2.05, 4.69) is 28.4 Å². The van der Waals surface area contributed by atoms with E-state index < -0.39 is 0 Å². The first kappa shape index (κ1) is 13.7. The molecule has 1 aromatic heterocycles. The van der Waals surface area contributed by atoms with Crippen LogP contribution in [0.25, 0.3) is 0 Å². The molecular formula is C15H20FN3. The molecule has 1 atom stereocenters. The minimum Gasteiger partial charge on any atom is -0.337 e. The molecule has 1 heterocycles. The standard InChI is InChI=1S/C15H20FN3/c1-13(14-4-6-15(16)7-5-14)18(2)9-3-10-19-11-8-17-12-19/h4-8,11-13H,3,9-10H2,1-2H3/t13-/m1/s1. The Labute approximate surface area is 113 Å². The van der Waals surface area contributed by atoms with E-state index in [1.807, 2.05) is 24.7 Å². The van der Waals surface area contributed by atoms with E-state index in [4.69, 9.17) is 0 Å². The van der Waals surface area contributed by atoms with Gasteiger partial charge >= 0.3 is 0 Å². The lowest BCUT2D eigenvalue weighted by Crippen LogP contribution is -2.24. The number of aromatic nitrogens is 2. The van der Waals surface area contributed by atoms with Crippen LogP contribution in [0.3, 0.4) is 0 Å². The third kappa shape index (κ3) is 3.89. The Bertz CT molecular complexity index is 479. The Kier molecular flexibility index (Phi) is 4.68. The van der Waals surface area contributed by atoms with Crippen molar-refractivity contribution in [3.63, 3.8) is 0 Å². The smallest absolute Gasteiger partial charge is 0.123 e. The van der Waals surface area contributed by atoms with Gasteiger partial charge in [0.25, 0.3) is 0 Å². The highest BCUT2D eigenvalue weighted by Gasteiger charge is 2.11. The van der Waals surface area contributed by atoms with E-state index >= 15 is 0 Å². The molecule has 2 rings (SSSR count). The van der Waals surface area contributed by atoms with Crippen molar-refractivity contribution in [3.05, 3.63) is 54.4 Å². The number of halogens is 1. The Balaban J connectivity index is 1.82. The molecule has 0 amide bonds. The van der Waals surface area contributed by atoms with Gasteiger partial charge in [0, 0.05) is 31.5 Å². The third-order valence-electron chi connectivity index (χ3n) is 3.50. The average Bonchev–Trinajstić information content (AvgIpc) is 2.92. The van der Waals surface area contributed by atoms with Crippen molar-refractivity contribution in [1.29, 1.82) is 0 Å². The first-order chi connectivity index (χ1) is 9.16.